The number of carbonyl (C=O) groups is 2. The average Bonchev–Trinajstić information content (AvgIpc) is 3.34. The quantitative estimate of drug-likeness (QED) is 0.734. The Labute approximate surface area is 195 Å². The van der Waals surface area contributed by atoms with Crippen molar-refractivity contribution < 1.29 is 14.0 Å². The zero-order valence-electron chi connectivity index (χ0n) is 19.7. The number of aromatic nitrogens is 1. The van der Waals surface area contributed by atoms with E-state index >= 15 is 0 Å². The number of benzene rings is 1. The van der Waals surface area contributed by atoms with Gasteiger partial charge in [-0.1, -0.05) is 12.8 Å². The molecular formula is C26H33FN4O2. The first-order chi connectivity index (χ1) is 15.8. The summed E-state index contributed by atoms with van der Waals surface area (Å²) in [6.45, 7) is 8.33. The van der Waals surface area contributed by atoms with E-state index in [2.05, 4.69) is 22.1 Å². The molecule has 2 amide bonds. The molecule has 2 aromatic rings. The molecule has 2 fully saturated rings. The summed E-state index contributed by atoms with van der Waals surface area (Å²) in [7, 11) is 0. The van der Waals surface area contributed by atoms with Crippen molar-refractivity contribution in [3.63, 3.8) is 0 Å². The van der Waals surface area contributed by atoms with Gasteiger partial charge in [0.15, 0.2) is 0 Å². The Kier molecular flexibility index (Phi) is 7.08. The lowest BCUT2D eigenvalue weighted by molar-refractivity contribution is -0.140. The number of hydrogen-bond donors (Lipinski definition) is 1. The number of nitrogens with one attached hydrogen (secondary N) is 1. The van der Waals surface area contributed by atoms with Crippen molar-refractivity contribution in [3.8, 4) is 0 Å². The van der Waals surface area contributed by atoms with E-state index in [1.165, 1.54) is 12.3 Å². The Morgan fingerprint density at radius 3 is 2.55 bits per heavy atom. The van der Waals surface area contributed by atoms with Gasteiger partial charge in [-0.2, -0.15) is 0 Å². The van der Waals surface area contributed by atoms with Crippen molar-refractivity contribution in [2.75, 3.05) is 25.0 Å². The SMILES string of the molecule is Cc1ccc(C(=O)Nc2ccc(F)c(CN3CCN(C(=O)C4CCCC4)[C@@H](C)C3)c2C)cn1. The molecule has 2 aliphatic rings. The van der Waals surface area contributed by atoms with Crippen molar-refractivity contribution in [1.29, 1.82) is 0 Å². The van der Waals surface area contributed by atoms with Crippen LogP contribution in [-0.2, 0) is 11.3 Å². The normalized spacial score (nSPS) is 19.6. The maximum Gasteiger partial charge on any atom is 0.257 e. The zero-order valence-corrected chi connectivity index (χ0v) is 19.7. The molecule has 0 radical (unpaired) electrons. The largest absolute Gasteiger partial charge is 0.337 e. The van der Waals surface area contributed by atoms with Crippen molar-refractivity contribution in [2.45, 2.75) is 59.0 Å². The molecule has 4 rings (SSSR count). The molecule has 1 aliphatic carbocycles. The molecule has 1 saturated carbocycles. The Hall–Kier alpha value is -2.80. The van der Waals surface area contributed by atoms with Gasteiger partial charge in [0.2, 0.25) is 5.91 Å². The van der Waals surface area contributed by atoms with E-state index in [-0.39, 0.29) is 29.6 Å². The maximum atomic E-state index is 14.8. The lowest BCUT2D eigenvalue weighted by atomic mass is 10.0. The van der Waals surface area contributed by atoms with Gasteiger partial charge in [-0.05, 0) is 63.4 Å². The van der Waals surface area contributed by atoms with Crippen LogP contribution in [0.4, 0.5) is 10.1 Å². The second kappa shape index (κ2) is 10.00. The summed E-state index contributed by atoms with van der Waals surface area (Å²) < 4.78 is 14.8. The van der Waals surface area contributed by atoms with Gasteiger partial charge in [0, 0.05) is 61.3 Å². The summed E-state index contributed by atoms with van der Waals surface area (Å²) in [5.41, 5.74) is 3.20. The molecule has 6 nitrogen and oxygen atoms in total. The van der Waals surface area contributed by atoms with Crippen LogP contribution in [-0.4, -0.2) is 52.3 Å². The highest BCUT2D eigenvalue weighted by Crippen LogP contribution is 2.29. The van der Waals surface area contributed by atoms with Gasteiger partial charge in [0.1, 0.15) is 5.82 Å². The fourth-order valence-electron chi connectivity index (χ4n) is 4.98. The summed E-state index contributed by atoms with van der Waals surface area (Å²) in [5.74, 6) is -0.0736. The first-order valence-corrected chi connectivity index (χ1v) is 11.9. The van der Waals surface area contributed by atoms with Crippen LogP contribution in [0.25, 0.3) is 0 Å². The highest BCUT2D eigenvalue weighted by Gasteiger charge is 2.33. The second-order valence-electron chi connectivity index (χ2n) is 9.44. The second-order valence-corrected chi connectivity index (χ2v) is 9.44. The summed E-state index contributed by atoms with van der Waals surface area (Å²) in [6, 6.07) is 6.64. The van der Waals surface area contributed by atoms with Crippen LogP contribution in [0.3, 0.4) is 0 Å². The topological polar surface area (TPSA) is 65.5 Å². The fourth-order valence-corrected chi connectivity index (χ4v) is 4.98. The number of amides is 2. The van der Waals surface area contributed by atoms with E-state index in [0.717, 1.165) is 36.9 Å². The maximum absolute atomic E-state index is 14.8. The molecule has 0 bridgehead atoms. The van der Waals surface area contributed by atoms with E-state index in [1.54, 1.807) is 18.2 Å². The molecule has 0 unspecified atom stereocenters. The first kappa shape index (κ1) is 23.4. The third kappa shape index (κ3) is 5.24. The minimum absolute atomic E-state index is 0.104. The molecule has 33 heavy (non-hydrogen) atoms. The van der Waals surface area contributed by atoms with E-state index in [0.29, 0.717) is 43.0 Å². The van der Waals surface area contributed by atoms with Crippen LogP contribution in [0.5, 0.6) is 0 Å². The van der Waals surface area contributed by atoms with Gasteiger partial charge in [-0.25, -0.2) is 4.39 Å². The number of carbonyl (C=O) groups excluding carboxylic acids is 2. The number of hydrogen-bond acceptors (Lipinski definition) is 4. The summed E-state index contributed by atoms with van der Waals surface area (Å²) in [4.78, 5) is 33.9. The number of aryl methyl sites for hydroxylation is 1. The third-order valence-electron chi connectivity index (χ3n) is 7.04. The van der Waals surface area contributed by atoms with Crippen molar-refractivity contribution in [3.05, 3.63) is 58.7 Å². The lowest BCUT2D eigenvalue weighted by Gasteiger charge is -2.41. The van der Waals surface area contributed by atoms with Crippen LogP contribution in [0, 0.1) is 25.6 Å². The first-order valence-electron chi connectivity index (χ1n) is 11.9. The Morgan fingerprint density at radius 1 is 1.12 bits per heavy atom. The predicted molar refractivity (Wildman–Crippen MR) is 126 cm³/mol. The van der Waals surface area contributed by atoms with Crippen LogP contribution >= 0.6 is 0 Å². The number of nitrogens with zero attached hydrogens (tertiary/aromatic N) is 3. The molecule has 1 aromatic heterocycles. The predicted octanol–water partition coefficient (Wildman–Crippen LogP) is 4.31. The minimum Gasteiger partial charge on any atom is -0.337 e. The van der Waals surface area contributed by atoms with Gasteiger partial charge in [0.05, 0.1) is 5.56 Å². The summed E-state index contributed by atoms with van der Waals surface area (Å²) in [6.07, 6.45) is 5.85. The van der Waals surface area contributed by atoms with Crippen molar-refractivity contribution in [2.24, 2.45) is 5.92 Å². The van der Waals surface area contributed by atoms with Gasteiger partial charge in [-0.3, -0.25) is 19.5 Å². The summed E-state index contributed by atoms with van der Waals surface area (Å²) in [5, 5.41) is 2.90. The molecule has 1 saturated heterocycles. The average molecular weight is 453 g/mol. The molecule has 2 heterocycles. The van der Waals surface area contributed by atoms with Gasteiger partial charge in [0.25, 0.3) is 5.91 Å². The van der Waals surface area contributed by atoms with Gasteiger partial charge >= 0.3 is 0 Å². The van der Waals surface area contributed by atoms with E-state index < -0.39 is 0 Å². The van der Waals surface area contributed by atoms with Gasteiger partial charge < -0.3 is 10.2 Å². The monoisotopic (exact) mass is 452 g/mol. The lowest BCUT2D eigenvalue weighted by Crippen LogP contribution is -2.54. The molecule has 1 aromatic carbocycles. The number of halogens is 1. The van der Waals surface area contributed by atoms with Crippen LogP contribution in [0.2, 0.25) is 0 Å². The van der Waals surface area contributed by atoms with Crippen molar-refractivity contribution >= 4 is 17.5 Å². The third-order valence-corrected chi connectivity index (χ3v) is 7.04. The number of anilines is 1. The summed E-state index contributed by atoms with van der Waals surface area (Å²) >= 11 is 0. The van der Waals surface area contributed by atoms with Crippen LogP contribution < -0.4 is 5.32 Å². The molecule has 7 heteroatoms. The van der Waals surface area contributed by atoms with E-state index in [4.69, 9.17) is 0 Å². The number of piperazine rings is 1. The highest BCUT2D eigenvalue weighted by molar-refractivity contribution is 6.04. The zero-order chi connectivity index (χ0) is 23.5. The molecule has 1 N–H and O–H groups in total. The van der Waals surface area contributed by atoms with Crippen LogP contribution in [0.1, 0.15) is 59.8 Å². The fraction of sp³-hybridized carbons (Fsp3) is 0.500. The van der Waals surface area contributed by atoms with Crippen LogP contribution in [0.15, 0.2) is 30.5 Å². The number of pyridine rings is 1. The molecule has 1 aliphatic heterocycles. The van der Waals surface area contributed by atoms with Crippen molar-refractivity contribution in [1.82, 2.24) is 14.8 Å². The standard InChI is InChI=1S/C26H33FN4O2/c1-17-8-9-21(14-28-17)25(32)29-24-11-10-23(27)22(19(24)3)16-30-12-13-31(18(2)15-30)26(33)20-6-4-5-7-20/h8-11,14,18,20H,4-7,12-13,15-16H2,1-3H3,(H,29,32)/t18-/m0/s1. The Bertz CT molecular complexity index is 1020. The molecule has 0 spiro atoms. The number of rotatable bonds is 5. The highest BCUT2D eigenvalue weighted by atomic mass is 19.1. The minimum atomic E-state index is -0.278. The van der Waals surface area contributed by atoms with Gasteiger partial charge in [-0.15, -0.1) is 0 Å². The Morgan fingerprint density at radius 2 is 1.88 bits per heavy atom. The van der Waals surface area contributed by atoms with E-state index in [9.17, 15) is 14.0 Å². The molecule has 1 atom stereocenters. The molecular weight excluding hydrogens is 419 g/mol. The smallest absolute Gasteiger partial charge is 0.257 e. The Balaban J connectivity index is 1.42. The van der Waals surface area contributed by atoms with E-state index in [1.807, 2.05) is 18.7 Å². The molecule has 176 valence electrons.